The van der Waals surface area contributed by atoms with Gasteiger partial charge in [0.25, 0.3) is 0 Å². The first-order valence-electron chi connectivity index (χ1n) is 4.32. The van der Waals surface area contributed by atoms with Gasteiger partial charge in [0.2, 0.25) is 0 Å². The van der Waals surface area contributed by atoms with Crippen molar-refractivity contribution in [2.45, 2.75) is 25.9 Å². The number of rotatable bonds is 4. The quantitative estimate of drug-likeness (QED) is 0.511. The molecular weight excluding hydrogens is 204 g/mol. The fraction of sp³-hybridized carbons (Fsp3) is 0.444. The van der Waals surface area contributed by atoms with Gasteiger partial charge < -0.3 is 14.9 Å². The van der Waals surface area contributed by atoms with Crippen molar-refractivity contribution in [3.8, 4) is 0 Å². The first kappa shape index (κ1) is 11.2. The van der Waals surface area contributed by atoms with Crippen molar-refractivity contribution in [3.05, 3.63) is 11.3 Å². The first-order chi connectivity index (χ1) is 6.93. The molecule has 0 bridgehead atoms. The van der Waals surface area contributed by atoms with E-state index in [0.717, 1.165) is 0 Å². The molecule has 1 rings (SSSR count). The van der Waals surface area contributed by atoms with Crippen LogP contribution in [0.3, 0.4) is 0 Å². The van der Waals surface area contributed by atoms with Crippen LogP contribution in [0.1, 0.15) is 19.8 Å². The van der Waals surface area contributed by atoms with Gasteiger partial charge in [-0.3, -0.25) is 9.59 Å². The highest BCUT2D eigenvalue weighted by Crippen LogP contribution is 2.22. The molecule has 6 nitrogen and oxygen atoms in total. The maximum absolute atomic E-state index is 11.3. The molecule has 1 aliphatic rings. The number of aliphatic carboxylic acids is 1. The molecule has 15 heavy (non-hydrogen) atoms. The van der Waals surface area contributed by atoms with E-state index in [1.165, 1.54) is 6.92 Å². The van der Waals surface area contributed by atoms with Crippen molar-refractivity contribution in [1.82, 2.24) is 0 Å². The molecule has 0 aromatic carbocycles. The third-order valence-electron chi connectivity index (χ3n) is 1.97. The zero-order chi connectivity index (χ0) is 11.6. The third kappa shape index (κ3) is 2.34. The lowest BCUT2D eigenvalue weighted by molar-refractivity contribution is -0.142. The predicted molar refractivity (Wildman–Crippen MR) is 47.1 cm³/mol. The van der Waals surface area contributed by atoms with Crippen LogP contribution in [0.4, 0.5) is 0 Å². The van der Waals surface area contributed by atoms with Crippen molar-refractivity contribution in [2.24, 2.45) is 0 Å². The number of carboxylic acids is 1. The second kappa shape index (κ2) is 4.12. The van der Waals surface area contributed by atoms with E-state index in [4.69, 9.17) is 5.11 Å². The van der Waals surface area contributed by atoms with Crippen LogP contribution in [0.5, 0.6) is 0 Å². The highest BCUT2D eigenvalue weighted by atomic mass is 16.6. The number of carbonyl (C=O) groups is 3. The summed E-state index contributed by atoms with van der Waals surface area (Å²) in [5.74, 6) is -3.15. The molecule has 1 heterocycles. The molecule has 1 aliphatic heterocycles. The van der Waals surface area contributed by atoms with Crippen LogP contribution in [-0.4, -0.2) is 34.0 Å². The Hall–Kier alpha value is -1.85. The summed E-state index contributed by atoms with van der Waals surface area (Å²) in [4.78, 5) is 32.6. The molecule has 0 aromatic heterocycles. The lowest BCUT2D eigenvalue weighted by atomic mass is 10.1. The monoisotopic (exact) mass is 214 g/mol. The molecule has 0 saturated heterocycles. The molecule has 0 fully saturated rings. The normalized spacial score (nSPS) is 20.3. The molecule has 1 unspecified atom stereocenters. The van der Waals surface area contributed by atoms with Crippen LogP contribution in [-0.2, 0) is 19.1 Å². The summed E-state index contributed by atoms with van der Waals surface area (Å²) in [6.45, 7) is 1.42. The van der Waals surface area contributed by atoms with Crippen LogP contribution in [0, 0.1) is 0 Å². The highest BCUT2D eigenvalue weighted by Gasteiger charge is 2.35. The lowest BCUT2D eigenvalue weighted by Gasteiger charge is -1.99. The summed E-state index contributed by atoms with van der Waals surface area (Å²) < 4.78 is 4.58. The number of Topliss-reactive ketones (excluding diaryl/α,β-unsaturated/α-hetero) is 1. The van der Waals surface area contributed by atoms with E-state index in [9.17, 15) is 19.5 Å². The Kier molecular flexibility index (Phi) is 3.08. The number of ether oxygens (including phenoxy) is 1. The van der Waals surface area contributed by atoms with Gasteiger partial charge in [0.15, 0.2) is 17.6 Å². The summed E-state index contributed by atoms with van der Waals surface area (Å²) in [7, 11) is 0. The van der Waals surface area contributed by atoms with E-state index in [1.54, 1.807) is 0 Å². The van der Waals surface area contributed by atoms with Crippen molar-refractivity contribution < 1.29 is 29.3 Å². The maximum Gasteiger partial charge on any atom is 0.346 e. The molecule has 0 radical (unpaired) electrons. The second-order valence-corrected chi connectivity index (χ2v) is 3.12. The molecule has 0 aromatic rings. The fourth-order valence-corrected chi connectivity index (χ4v) is 1.19. The van der Waals surface area contributed by atoms with Crippen molar-refractivity contribution in [2.75, 3.05) is 0 Å². The Morgan fingerprint density at radius 3 is 2.40 bits per heavy atom. The minimum atomic E-state index is -1.14. The van der Waals surface area contributed by atoms with Crippen molar-refractivity contribution in [1.29, 1.82) is 0 Å². The summed E-state index contributed by atoms with van der Waals surface area (Å²) in [6, 6.07) is 0. The standard InChI is InChI=1S/C9H10O6/c1-4-8(13)7(9(14)15-4)5(10)2-3-6(11)12/h4,13H,2-3H2,1H3,(H,11,12). The Morgan fingerprint density at radius 2 is 2.00 bits per heavy atom. The Morgan fingerprint density at radius 1 is 1.40 bits per heavy atom. The molecule has 0 saturated carbocycles. The van der Waals surface area contributed by atoms with E-state index in [0.29, 0.717) is 0 Å². The zero-order valence-electron chi connectivity index (χ0n) is 8.02. The summed E-state index contributed by atoms with van der Waals surface area (Å²) in [5.41, 5.74) is -0.427. The van der Waals surface area contributed by atoms with Gasteiger partial charge in [0, 0.05) is 6.42 Å². The number of cyclic esters (lactones) is 1. The molecule has 6 heteroatoms. The molecule has 82 valence electrons. The topological polar surface area (TPSA) is 101 Å². The molecule has 1 atom stereocenters. The van der Waals surface area contributed by atoms with Gasteiger partial charge in [-0.2, -0.15) is 0 Å². The smallest absolute Gasteiger partial charge is 0.346 e. The van der Waals surface area contributed by atoms with E-state index >= 15 is 0 Å². The number of aliphatic hydroxyl groups excluding tert-OH is 1. The number of hydrogen-bond acceptors (Lipinski definition) is 5. The summed E-state index contributed by atoms with van der Waals surface area (Å²) >= 11 is 0. The van der Waals surface area contributed by atoms with Gasteiger partial charge in [-0.15, -0.1) is 0 Å². The fourth-order valence-electron chi connectivity index (χ4n) is 1.19. The van der Waals surface area contributed by atoms with Crippen LogP contribution >= 0.6 is 0 Å². The molecule has 2 N–H and O–H groups in total. The summed E-state index contributed by atoms with van der Waals surface area (Å²) in [5, 5.41) is 17.7. The minimum absolute atomic E-state index is 0.323. The number of esters is 1. The number of aliphatic hydroxyl groups is 1. The van der Waals surface area contributed by atoms with Crippen LogP contribution < -0.4 is 0 Å². The number of carbonyl (C=O) groups excluding carboxylic acids is 2. The molecule has 0 spiro atoms. The largest absolute Gasteiger partial charge is 0.507 e. The van der Waals surface area contributed by atoms with Crippen molar-refractivity contribution in [3.63, 3.8) is 0 Å². The lowest BCUT2D eigenvalue weighted by Crippen LogP contribution is -2.12. The average Bonchev–Trinajstić information content (AvgIpc) is 2.37. The van der Waals surface area contributed by atoms with Gasteiger partial charge in [-0.05, 0) is 6.92 Å². The van der Waals surface area contributed by atoms with Gasteiger partial charge >= 0.3 is 11.9 Å². The van der Waals surface area contributed by atoms with Gasteiger partial charge in [-0.1, -0.05) is 0 Å². The van der Waals surface area contributed by atoms with E-state index in [1.807, 2.05) is 0 Å². The SMILES string of the molecule is CC1OC(=O)C(C(=O)CCC(=O)O)=C1O. The molecule has 0 aliphatic carbocycles. The number of hydrogen-bond donors (Lipinski definition) is 2. The van der Waals surface area contributed by atoms with Gasteiger partial charge in [-0.25, -0.2) is 4.79 Å². The van der Waals surface area contributed by atoms with Gasteiger partial charge in [0.1, 0.15) is 5.57 Å². The van der Waals surface area contributed by atoms with E-state index in [-0.39, 0.29) is 12.8 Å². The van der Waals surface area contributed by atoms with Gasteiger partial charge in [0.05, 0.1) is 6.42 Å². The Bertz CT molecular complexity index is 354. The minimum Gasteiger partial charge on any atom is -0.507 e. The first-order valence-corrected chi connectivity index (χ1v) is 4.32. The van der Waals surface area contributed by atoms with E-state index < -0.39 is 35.2 Å². The van der Waals surface area contributed by atoms with Crippen LogP contribution in [0.15, 0.2) is 11.3 Å². The van der Waals surface area contributed by atoms with Crippen LogP contribution in [0.25, 0.3) is 0 Å². The third-order valence-corrected chi connectivity index (χ3v) is 1.97. The van der Waals surface area contributed by atoms with Crippen LogP contribution in [0.2, 0.25) is 0 Å². The highest BCUT2D eigenvalue weighted by molar-refractivity contribution is 6.19. The molecular formula is C9H10O6. The summed E-state index contributed by atoms with van der Waals surface area (Å²) in [6.07, 6.45) is -1.53. The zero-order valence-corrected chi connectivity index (χ0v) is 8.02. The van der Waals surface area contributed by atoms with Crippen molar-refractivity contribution >= 4 is 17.7 Å². The maximum atomic E-state index is 11.3. The molecule has 0 amide bonds. The number of carboxylic acid groups (broad SMARTS) is 1. The number of ketones is 1. The van der Waals surface area contributed by atoms with E-state index in [2.05, 4.69) is 4.74 Å². The predicted octanol–water partition coefficient (Wildman–Crippen LogP) is 0.178. The Balaban J connectivity index is 2.75. The second-order valence-electron chi connectivity index (χ2n) is 3.12. The average molecular weight is 214 g/mol. The Labute approximate surface area is 85.1 Å².